The molecule has 1 N–H and O–H groups in total. The Balaban J connectivity index is 2.78. The molecule has 0 fully saturated rings. The first kappa shape index (κ1) is 15.4. The summed E-state index contributed by atoms with van der Waals surface area (Å²) in [7, 11) is 2.33. The summed E-state index contributed by atoms with van der Waals surface area (Å²) >= 11 is 0. The van der Waals surface area contributed by atoms with Gasteiger partial charge in [-0.3, -0.25) is 9.59 Å². The van der Waals surface area contributed by atoms with Gasteiger partial charge in [0, 0.05) is 5.56 Å². The van der Waals surface area contributed by atoms with Gasteiger partial charge in [-0.15, -0.1) is 0 Å². The Labute approximate surface area is 115 Å². The number of carbonyl (C=O) groups is 3. The van der Waals surface area contributed by atoms with Crippen LogP contribution in [0.3, 0.4) is 0 Å². The van der Waals surface area contributed by atoms with Crippen molar-refractivity contribution < 1.29 is 23.9 Å². The molecule has 1 aromatic carbocycles. The zero-order valence-corrected chi connectivity index (χ0v) is 11.1. The minimum absolute atomic E-state index is 0.247. The summed E-state index contributed by atoms with van der Waals surface area (Å²) in [4.78, 5) is 34.3. The highest BCUT2D eigenvalue weighted by Gasteiger charge is 2.17. The van der Waals surface area contributed by atoms with Gasteiger partial charge in [0.05, 0.1) is 20.6 Å². The SMILES string of the molecule is COC(=O)CC(=NNC(=O)c1ccccc1)C(=O)OC. The number of hydrogen-bond acceptors (Lipinski definition) is 6. The second-order valence-electron chi connectivity index (χ2n) is 3.61. The standard InChI is InChI=1S/C13H14N2O5/c1-19-11(16)8-10(13(18)20-2)14-15-12(17)9-6-4-3-5-7-9/h3-7H,8H2,1-2H3,(H,15,17). The van der Waals surface area contributed by atoms with Crippen LogP contribution >= 0.6 is 0 Å². The minimum Gasteiger partial charge on any atom is -0.469 e. The van der Waals surface area contributed by atoms with Gasteiger partial charge in [0.15, 0.2) is 5.71 Å². The molecule has 20 heavy (non-hydrogen) atoms. The van der Waals surface area contributed by atoms with E-state index in [0.29, 0.717) is 5.56 Å². The average molecular weight is 278 g/mol. The summed E-state index contributed by atoms with van der Waals surface area (Å²) < 4.78 is 8.89. The van der Waals surface area contributed by atoms with Crippen molar-refractivity contribution in [2.45, 2.75) is 6.42 Å². The quantitative estimate of drug-likeness (QED) is 0.481. The van der Waals surface area contributed by atoms with Crippen molar-refractivity contribution in [3.05, 3.63) is 35.9 Å². The van der Waals surface area contributed by atoms with Gasteiger partial charge < -0.3 is 9.47 Å². The molecule has 0 saturated carbocycles. The maximum Gasteiger partial charge on any atom is 0.354 e. The molecule has 0 saturated heterocycles. The molecule has 0 aliphatic carbocycles. The Hall–Kier alpha value is -2.70. The molecule has 0 unspecified atom stereocenters. The van der Waals surface area contributed by atoms with Gasteiger partial charge >= 0.3 is 11.9 Å². The molecule has 1 rings (SSSR count). The number of ether oxygens (including phenoxy) is 2. The van der Waals surface area contributed by atoms with Gasteiger partial charge in [-0.2, -0.15) is 5.10 Å². The Morgan fingerprint density at radius 3 is 2.30 bits per heavy atom. The van der Waals surface area contributed by atoms with E-state index in [4.69, 9.17) is 0 Å². The van der Waals surface area contributed by atoms with Crippen LogP contribution in [-0.4, -0.2) is 37.8 Å². The van der Waals surface area contributed by atoms with E-state index < -0.39 is 24.3 Å². The molecule has 106 valence electrons. The van der Waals surface area contributed by atoms with Crippen LogP contribution in [0.5, 0.6) is 0 Å². The van der Waals surface area contributed by atoms with E-state index in [1.54, 1.807) is 30.3 Å². The van der Waals surface area contributed by atoms with Crippen molar-refractivity contribution in [3.63, 3.8) is 0 Å². The summed E-state index contributed by atoms with van der Waals surface area (Å²) in [6.07, 6.45) is -0.391. The number of hydrogen-bond donors (Lipinski definition) is 1. The van der Waals surface area contributed by atoms with Crippen LogP contribution in [0.1, 0.15) is 16.8 Å². The summed E-state index contributed by atoms with van der Waals surface area (Å²) in [5.74, 6) is -1.98. The molecule has 0 atom stereocenters. The average Bonchev–Trinajstić information content (AvgIpc) is 2.50. The van der Waals surface area contributed by atoms with Gasteiger partial charge in [0.25, 0.3) is 5.91 Å². The number of benzene rings is 1. The van der Waals surface area contributed by atoms with Crippen LogP contribution in [0.2, 0.25) is 0 Å². The maximum atomic E-state index is 11.7. The third kappa shape index (κ3) is 4.52. The summed E-state index contributed by atoms with van der Waals surface area (Å²) in [6, 6.07) is 8.31. The smallest absolute Gasteiger partial charge is 0.354 e. The lowest BCUT2D eigenvalue weighted by atomic mass is 10.2. The lowest BCUT2D eigenvalue weighted by molar-refractivity contribution is -0.140. The van der Waals surface area contributed by atoms with E-state index in [1.165, 1.54) is 7.11 Å². The summed E-state index contributed by atoms with van der Waals surface area (Å²) in [5, 5.41) is 3.60. The number of esters is 2. The molecule has 1 aromatic rings. The number of carbonyl (C=O) groups excluding carboxylic acids is 3. The van der Waals surface area contributed by atoms with Gasteiger partial charge in [-0.25, -0.2) is 10.2 Å². The fourth-order valence-corrected chi connectivity index (χ4v) is 1.26. The summed E-state index contributed by atoms with van der Waals surface area (Å²) in [5.41, 5.74) is 2.31. The molecule has 0 aliphatic heterocycles. The van der Waals surface area contributed by atoms with Crippen LogP contribution in [-0.2, 0) is 19.1 Å². The van der Waals surface area contributed by atoms with Crippen LogP contribution in [0.25, 0.3) is 0 Å². The number of amides is 1. The molecule has 0 aromatic heterocycles. The topological polar surface area (TPSA) is 94.1 Å². The molecular weight excluding hydrogens is 264 g/mol. The third-order valence-corrected chi connectivity index (χ3v) is 2.29. The van der Waals surface area contributed by atoms with Crippen molar-refractivity contribution in [3.8, 4) is 0 Å². The van der Waals surface area contributed by atoms with Crippen molar-refractivity contribution >= 4 is 23.6 Å². The Morgan fingerprint density at radius 2 is 1.75 bits per heavy atom. The maximum absolute atomic E-state index is 11.7. The molecule has 7 heteroatoms. The third-order valence-electron chi connectivity index (χ3n) is 2.29. The molecule has 1 amide bonds. The molecule has 0 spiro atoms. The van der Waals surface area contributed by atoms with E-state index in [-0.39, 0.29) is 5.71 Å². The highest BCUT2D eigenvalue weighted by atomic mass is 16.5. The van der Waals surface area contributed by atoms with Crippen LogP contribution in [0.15, 0.2) is 35.4 Å². The zero-order valence-electron chi connectivity index (χ0n) is 11.1. The number of hydrazone groups is 1. The predicted octanol–water partition coefficient (Wildman–Crippen LogP) is 0.508. The first-order valence-corrected chi connectivity index (χ1v) is 5.65. The van der Waals surface area contributed by atoms with Gasteiger partial charge in [0.1, 0.15) is 0 Å². The molecule has 0 radical (unpaired) electrons. The van der Waals surface area contributed by atoms with Gasteiger partial charge in [0.2, 0.25) is 0 Å². The van der Waals surface area contributed by atoms with Crippen molar-refractivity contribution in [2.75, 3.05) is 14.2 Å². The molecule has 0 heterocycles. The second kappa shape index (κ2) is 7.67. The predicted molar refractivity (Wildman–Crippen MR) is 70.0 cm³/mol. The number of methoxy groups -OCH3 is 2. The molecular formula is C13H14N2O5. The van der Waals surface area contributed by atoms with Crippen LogP contribution < -0.4 is 5.43 Å². The van der Waals surface area contributed by atoms with E-state index in [1.807, 2.05) is 0 Å². The monoisotopic (exact) mass is 278 g/mol. The first-order valence-electron chi connectivity index (χ1n) is 5.65. The summed E-state index contributed by atoms with van der Waals surface area (Å²) in [6.45, 7) is 0. The van der Waals surface area contributed by atoms with Crippen LogP contribution in [0.4, 0.5) is 0 Å². The molecule has 0 bridgehead atoms. The molecule has 0 aliphatic rings. The van der Waals surface area contributed by atoms with E-state index in [2.05, 4.69) is 20.0 Å². The number of nitrogens with one attached hydrogen (secondary N) is 1. The highest BCUT2D eigenvalue weighted by Crippen LogP contribution is 1.98. The fraction of sp³-hybridized carbons (Fsp3) is 0.231. The van der Waals surface area contributed by atoms with Crippen LogP contribution in [0, 0.1) is 0 Å². The zero-order chi connectivity index (χ0) is 15.0. The fourth-order valence-electron chi connectivity index (χ4n) is 1.26. The normalized spacial score (nSPS) is 10.6. The number of rotatable bonds is 5. The first-order chi connectivity index (χ1) is 9.58. The van der Waals surface area contributed by atoms with Gasteiger partial charge in [-0.1, -0.05) is 18.2 Å². The highest BCUT2D eigenvalue weighted by molar-refractivity contribution is 6.39. The Bertz CT molecular complexity index is 525. The Kier molecular flexibility index (Phi) is 5.89. The van der Waals surface area contributed by atoms with Crippen molar-refractivity contribution in [1.82, 2.24) is 5.43 Å². The van der Waals surface area contributed by atoms with Gasteiger partial charge in [-0.05, 0) is 12.1 Å². The van der Waals surface area contributed by atoms with E-state index in [9.17, 15) is 14.4 Å². The second-order valence-corrected chi connectivity index (χ2v) is 3.61. The number of nitrogens with zero attached hydrogens (tertiary/aromatic N) is 1. The largest absolute Gasteiger partial charge is 0.469 e. The molecule has 7 nitrogen and oxygen atoms in total. The van der Waals surface area contributed by atoms with Crippen molar-refractivity contribution in [1.29, 1.82) is 0 Å². The Morgan fingerprint density at radius 1 is 1.10 bits per heavy atom. The van der Waals surface area contributed by atoms with Crippen molar-refractivity contribution in [2.24, 2.45) is 5.10 Å². The lowest BCUT2D eigenvalue weighted by Crippen LogP contribution is -2.26. The van der Waals surface area contributed by atoms with E-state index in [0.717, 1.165) is 7.11 Å². The van der Waals surface area contributed by atoms with E-state index >= 15 is 0 Å². The minimum atomic E-state index is -0.816. The lowest BCUT2D eigenvalue weighted by Gasteiger charge is -2.04.